The molecule has 2 aromatic rings. The van der Waals surface area contributed by atoms with Gasteiger partial charge >= 0.3 is 0 Å². The van der Waals surface area contributed by atoms with Gasteiger partial charge in [0.1, 0.15) is 12.4 Å². The normalized spacial score (nSPS) is 9.62. The van der Waals surface area contributed by atoms with Crippen LogP contribution in [-0.4, -0.2) is 11.2 Å². The summed E-state index contributed by atoms with van der Waals surface area (Å²) in [5, 5.41) is 0. The molecular formula is C15H10BrINO2Y-. The average molecular weight is 532 g/mol. The summed E-state index contributed by atoms with van der Waals surface area (Å²) in [7, 11) is 1.73. The Labute approximate surface area is 170 Å². The van der Waals surface area contributed by atoms with Crippen molar-refractivity contribution >= 4 is 38.5 Å². The van der Waals surface area contributed by atoms with Crippen molar-refractivity contribution in [1.29, 1.82) is 0 Å². The molecular weight excluding hydrogens is 522 g/mol. The summed E-state index contributed by atoms with van der Waals surface area (Å²) < 4.78 is 8.38. The third-order valence-corrected chi connectivity index (χ3v) is 4.13. The Morgan fingerprint density at radius 2 is 2.24 bits per heavy atom. The van der Waals surface area contributed by atoms with Gasteiger partial charge in [0.15, 0.2) is 0 Å². The van der Waals surface area contributed by atoms with E-state index >= 15 is 0 Å². The van der Waals surface area contributed by atoms with Gasteiger partial charge in [-0.25, -0.2) is 0 Å². The molecule has 0 bridgehead atoms. The summed E-state index contributed by atoms with van der Waals surface area (Å²) in [5.41, 5.74) is 1.54. The molecule has 0 fully saturated rings. The van der Waals surface area contributed by atoms with Gasteiger partial charge in [-0.15, -0.1) is 35.1 Å². The maximum absolute atomic E-state index is 12.0. The van der Waals surface area contributed by atoms with E-state index in [1.807, 2.05) is 40.8 Å². The minimum atomic E-state index is -0.0427. The molecule has 0 saturated carbocycles. The summed E-state index contributed by atoms with van der Waals surface area (Å²) in [5.74, 6) is 3.09. The van der Waals surface area contributed by atoms with E-state index in [0.29, 0.717) is 15.0 Å². The fraction of sp³-hybridized carbons (Fsp3) is 0.133. The van der Waals surface area contributed by atoms with Crippen LogP contribution in [0.2, 0.25) is 0 Å². The number of nitrogens with zero attached hydrogens (tertiary/aromatic N) is 1. The van der Waals surface area contributed by atoms with Crippen LogP contribution in [0.4, 0.5) is 0 Å². The summed E-state index contributed by atoms with van der Waals surface area (Å²) in [6.45, 7) is 0.222. The molecule has 1 aromatic carbocycles. The number of hydrogen-bond acceptors (Lipinski definition) is 2. The van der Waals surface area contributed by atoms with Crippen LogP contribution < -0.4 is 10.3 Å². The largest absolute Gasteiger partial charge is 0.481 e. The van der Waals surface area contributed by atoms with Crippen LogP contribution >= 0.6 is 38.5 Å². The molecule has 0 atom stereocenters. The van der Waals surface area contributed by atoms with Crippen LogP contribution in [-0.2, 0) is 39.8 Å². The molecule has 1 radical (unpaired) electrons. The van der Waals surface area contributed by atoms with Gasteiger partial charge in [0.2, 0.25) is 5.56 Å². The molecule has 1 heterocycles. The smallest absolute Gasteiger partial charge is 0.207 e. The number of aromatic nitrogens is 1. The minimum absolute atomic E-state index is 0. The van der Waals surface area contributed by atoms with Gasteiger partial charge in [0.25, 0.3) is 0 Å². The monoisotopic (exact) mass is 531 g/mol. The van der Waals surface area contributed by atoms with Gasteiger partial charge in [-0.05, 0) is 20.2 Å². The first-order chi connectivity index (χ1) is 9.54. The number of rotatable bonds is 3. The quantitative estimate of drug-likeness (QED) is 0.346. The van der Waals surface area contributed by atoms with E-state index in [1.54, 1.807) is 17.7 Å². The number of pyridine rings is 1. The number of ether oxygens (including phenoxy) is 1. The Morgan fingerprint density at radius 3 is 2.86 bits per heavy atom. The molecule has 0 aliphatic heterocycles. The van der Waals surface area contributed by atoms with Crippen molar-refractivity contribution in [3.63, 3.8) is 0 Å². The molecule has 0 aliphatic carbocycles. The fourth-order valence-electron chi connectivity index (χ4n) is 1.71. The first-order valence-electron chi connectivity index (χ1n) is 5.68. The molecule has 0 amide bonds. The zero-order chi connectivity index (χ0) is 14.7. The second-order valence-electron chi connectivity index (χ2n) is 3.98. The predicted octanol–water partition coefficient (Wildman–Crippen LogP) is 3.23. The first kappa shape index (κ1) is 18.9. The third-order valence-electron chi connectivity index (χ3n) is 2.70. The Hall–Kier alpha value is -0.156. The number of benzene rings is 1. The summed E-state index contributed by atoms with van der Waals surface area (Å²) in [6, 6.07) is 10.3. The molecule has 0 saturated heterocycles. The Balaban J connectivity index is 0.00000220. The van der Waals surface area contributed by atoms with Crippen molar-refractivity contribution in [2.45, 2.75) is 0 Å². The Morgan fingerprint density at radius 1 is 1.52 bits per heavy atom. The molecule has 3 nitrogen and oxygen atoms in total. The molecule has 1 aromatic heterocycles. The standard InChI is InChI=1S/C15H10BrINO2.Y/c1-3-8-20-10-4-5-11(12(16)9-10)14-7-6-13(17)15(19)18(14)2;/h1,4-6,9H,8H2,2H3;/q-1;. The van der Waals surface area contributed by atoms with E-state index < -0.39 is 0 Å². The van der Waals surface area contributed by atoms with Crippen LogP contribution in [0, 0.1) is 22.0 Å². The fourth-order valence-corrected chi connectivity index (χ4v) is 2.78. The van der Waals surface area contributed by atoms with Gasteiger partial charge < -0.3 is 9.30 Å². The minimum Gasteiger partial charge on any atom is -0.481 e. The van der Waals surface area contributed by atoms with Gasteiger partial charge in [-0.1, -0.05) is 33.1 Å². The summed E-state index contributed by atoms with van der Waals surface area (Å²) >= 11 is 5.48. The van der Waals surface area contributed by atoms with E-state index in [1.165, 1.54) is 0 Å². The SMILES string of the molecule is C#CCOc1ccc(-c2[c-]cc(I)c(=O)n2C)c(Br)c1.[Y]. The van der Waals surface area contributed by atoms with E-state index in [-0.39, 0.29) is 44.9 Å². The van der Waals surface area contributed by atoms with Crippen LogP contribution in [0.1, 0.15) is 0 Å². The van der Waals surface area contributed by atoms with Crippen LogP contribution in [0.25, 0.3) is 11.3 Å². The van der Waals surface area contributed by atoms with Crippen molar-refractivity contribution in [3.05, 3.63) is 48.7 Å². The molecule has 105 valence electrons. The zero-order valence-electron chi connectivity index (χ0n) is 11.2. The van der Waals surface area contributed by atoms with E-state index in [2.05, 4.69) is 27.9 Å². The number of hydrogen-bond donors (Lipinski definition) is 0. The molecule has 6 heteroatoms. The van der Waals surface area contributed by atoms with E-state index in [0.717, 1.165) is 10.0 Å². The average Bonchev–Trinajstić information content (AvgIpc) is 2.44. The Bertz CT molecular complexity index is 752. The molecule has 0 aliphatic rings. The van der Waals surface area contributed by atoms with Crippen molar-refractivity contribution in [1.82, 2.24) is 4.57 Å². The topological polar surface area (TPSA) is 31.2 Å². The molecule has 0 N–H and O–H groups in total. The summed E-state index contributed by atoms with van der Waals surface area (Å²) in [4.78, 5) is 12.0. The van der Waals surface area contributed by atoms with Gasteiger partial charge in [0, 0.05) is 39.8 Å². The van der Waals surface area contributed by atoms with Crippen LogP contribution in [0.15, 0.2) is 33.5 Å². The second-order valence-corrected chi connectivity index (χ2v) is 6.00. The summed E-state index contributed by atoms with van der Waals surface area (Å²) in [6.07, 6.45) is 5.16. The Kier molecular flexibility index (Phi) is 7.62. The molecule has 0 spiro atoms. The van der Waals surface area contributed by atoms with Crippen molar-refractivity contribution in [2.24, 2.45) is 7.05 Å². The third kappa shape index (κ3) is 4.41. The molecule has 0 unspecified atom stereocenters. The van der Waals surface area contributed by atoms with E-state index in [4.69, 9.17) is 11.2 Å². The molecule has 2 rings (SSSR count). The maximum Gasteiger partial charge on any atom is 0.207 e. The van der Waals surface area contributed by atoms with Gasteiger partial charge in [-0.2, -0.15) is 12.1 Å². The number of terminal acetylenes is 1. The van der Waals surface area contributed by atoms with Crippen molar-refractivity contribution < 1.29 is 37.4 Å². The number of halogens is 2. The van der Waals surface area contributed by atoms with E-state index in [9.17, 15) is 4.79 Å². The van der Waals surface area contributed by atoms with Gasteiger partial charge in [0.05, 0.1) is 0 Å². The van der Waals surface area contributed by atoms with Crippen LogP contribution in [0.5, 0.6) is 5.75 Å². The second kappa shape index (κ2) is 8.47. The van der Waals surface area contributed by atoms with Crippen molar-refractivity contribution in [3.8, 4) is 29.4 Å². The zero-order valence-corrected chi connectivity index (χ0v) is 17.8. The van der Waals surface area contributed by atoms with Crippen molar-refractivity contribution in [2.75, 3.05) is 6.61 Å². The van der Waals surface area contributed by atoms with Gasteiger partial charge in [-0.3, -0.25) is 4.79 Å². The predicted molar refractivity (Wildman–Crippen MR) is 90.7 cm³/mol. The van der Waals surface area contributed by atoms with Crippen LogP contribution in [0.3, 0.4) is 0 Å². The first-order valence-corrected chi connectivity index (χ1v) is 7.55. The maximum atomic E-state index is 12.0. The molecule has 21 heavy (non-hydrogen) atoms.